The zero-order chi connectivity index (χ0) is 19.5. The van der Waals surface area contributed by atoms with E-state index in [4.69, 9.17) is 4.99 Å². The summed E-state index contributed by atoms with van der Waals surface area (Å²) in [5.41, 5.74) is 2.85. The summed E-state index contributed by atoms with van der Waals surface area (Å²) < 4.78 is 13.2. The quantitative estimate of drug-likeness (QED) is 0.592. The van der Waals surface area contributed by atoms with Crippen molar-refractivity contribution >= 4 is 34.6 Å². The number of aryl methyl sites for hydroxylation is 1. The molecular formula is C23H23FN2OS. The van der Waals surface area contributed by atoms with Gasteiger partial charge in [0.05, 0.1) is 10.6 Å². The third-order valence-electron chi connectivity index (χ3n) is 5.20. The van der Waals surface area contributed by atoms with E-state index in [1.54, 1.807) is 12.1 Å². The van der Waals surface area contributed by atoms with E-state index < -0.39 is 0 Å². The summed E-state index contributed by atoms with van der Waals surface area (Å²) in [5.74, 6) is -0.273. The predicted octanol–water partition coefficient (Wildman–Crippen LogP) is 6.07. The molecule has 0 bridgehead atoms. The summed E-state index contributed by atoms with van der Waals surface area (Å²) in [6.07, 6.45) is 7.39. The minimum atomic E-state index is -0.280. The van der Waals surface area contributed by atoms with Gasteiger partial charge in [-0.1, -0.05) is 49.1 Å². The zero-order valence-electron chi connectivity index (χ0n) is 15.9. The minimum absolute atomic E-state index is 0.00656. The van der Waals surface area contributed by atoms with Crippen molar-refractivity contribution in [2.45, 2.75) is 45.1 Å². The van der Waals surface area contributed by atoms with Gasteiger partial charge in [0.25, 0.3) is 5.91 Å². The van der Waals surface area contributed by atoms with Gasteiger partial charge in [-0.2, -0.15) is 0 Å². The van der Waals surface area contributed by atoms with Crippen LogP contribution in [-0.4, -0.2) is 22.0 Å². The van der Waals surface area contributed by atoms with Gasteiger partial charge in [-0.05, 0) is 67.4 Å². The smallest absolute Gasteiger partial charge is 0.267 e. The maximum atomic E-state index is 13.2. The summed E-state index contributed by atoms with van der Waals surface area (Å²) in [4.78, 5) is 20.5. The highest BCUT2D eigenvalue weighted by molar-refractivity contribution is 8.18. The molecule has 2 aromatic carbocycles. The van der Waals surface area contributed by atoms with Gasteiger partial charge in [0, 0.05) is 6.04 Å². The largest absolute Gasteiger partial charge is 0.283 e. The zero-order valence-corrected chi connectivity index (χ0v) is 16.7. The third kappa shape index (κ3) is 4.20. The molecule has 2 aromatic rings. The highest BCUT2D eigenvalue weighted by Gasteiger charge is 2.38. The Morgan fingerprint density at radius 2 is 1.71 bits per heavy atom. The summed E-state index contributed by atoms with van der Waals surface area (Å²) in [6, 6.07) is 14.4. The number of thioether (sulfide) groups is 1. The number of hydrogen-bond donors (Lipinski definition) is 0. The second kappa shape index (κ2) is 8.31. The van der Waals surface area contributed by atoms with E-state index in [2.05, 4.69) is 0 Å². The molecular weight excluding hydrogens is 371 g/mol. The Labute approximate surface area is 169 Å². The Hall–Kier alpha value is -2.40. The van der Waals surface area contributed by atoms with Crippen molar-refractivity contribution in [2.75, 3.05) is 0 Å². The van der Waals surface area contributed by atoms with Crippen molar-refractivity contribution in [1.29, 1.82) is 0 Å². The van der Waals surface area contributed by atoms with E-state index in [-0.39, 0.29) is 17.8 Å². The normalized spacial score (nSPS) is 21.1. The average molecular weight is 395 g/mol. The van der Waals surface area contributed by atoms with Crippen molar-refractivity contribution in [1.82, 2.24) is 4.90 Å². The van der Waals surface area contributed by atoms with Gasteiger partial charge in [0.15, 0.2) is 5.17 Å². The van der Waals surface area contributed by atoms with Crippen LogP contribution in [-0.2, 0) is 4.79 Å². The SMILES string of the molecule is Cc1ccc(N=C2S/C(=C/c3ccc(F)cc3)C(=O)N2C2CCCCC2)cc1. The van der Waals surface area contributed by atoms with Gasteiger partial charge in [0.2, 0.25) is 0 Å². The molecule has 5 heteroatoms. The number of amidine groups is 1. The first-order valence-electron chi connectivity index (χ1n) is 9.74. The number of aliphatic imine (C=N–C) groups is 1. The molecule has 0 unspecified atom stereocenters. The van der Waals surface area contributed by atoms with E-state index >= 15 is 0 Å². The Balaban J connectivity index is 1.68. The molecule has 1 saturated carbocycles. The van der Waals surface area contributed by atoms with E-state index in [1.807, 2.05) is 42.2 Å². The second-order valence-corrected chi connectivity index (χ2v) is 8.37. The molecule has 1 saturated heterocycles. The number of hydrogen-bond acceptors (Lipinski definition) is 3. The lowest BCUT2D eigenvalue weighted by molar-refractivity contribution is -0.124. The first-order chi connectivity index (χ1) is 13.6. The molecule has 0 spiro atoms. The average Bonchev–Trinajstić information content (AvgIpc) is 3.01. The van der Waals surface area contributed by atoms with Gasteiger partial charge in [-0.3, -0.25) is 9.69 Å². The second-order valence-electron chi connectivity index (χ2n) is 7.36. The van der Waals surface area contributed by atoms with Crippen LogP contribution in [0.4, 0.5) is 10.1 Å². The van der Waals surface area contributed by atoms with Crippen molar-refractivity contribution in [3.63, 3.8) is 0 Å². The topological polar surface area (TPSA) is 32.7 Å². The van der Waals surface area contributed by atoms with Crippen LogP contribution >= 0.6 is 11.8 Å². The number of benzene rings is 2. The number of halogens is 1. The van der Waals surface area contributed by atoms with Gasteiger partial charge in [-0.15, -0.1) is 0 Å². The molecule has 1 aliphatic carbocycles. The van der Waals surface area contributed by atoms with Crippen LogP contribution in [0.15, 0.2) is 58.4 Å². The molecule has 0 radical (unpaired) electrons. The lowest BCUT2D eigenvalue weighted by atomic mass is 9.94. The monoisotopic (exact) mass is 394 g/mol. The van der Waals surface area contributed by atoms with Gasteiger partial charge in [0.1, 0.15) is 5.82 Å². The summed E-state index contributed by atoms with van der Waals surface area (Å²) in [7, 11) is 0. The van der Waals surface area contributed by atoms with Crippen LogP contribution < -0.4 is 0 Å². The fraction of sp³-hybridized carbons (Fsp3) is 0.304. The Bertz CT molecular complexity index is 913. The molecule has 1 amide bonds. The Morgan fingerprint density at radius 3 is 2.39 bits per heavy atom. The summed E-state index contributed by atoms with van der Waals surface area (Å²) >= 11 is 1.41. The maximum Gasteiger partial charge on any atom is 0.267 e. The lowest BCUT2D eigenvalue weighted by Gasteiger charge is -2.30. The third-order valence-corrected chi connectivity index (χ3v) is 6.19. The molecule has 4 rings (SSSR count). The molecule has 2 aliphatic rings. The minimum Gasteiger partial charge on any atom is -0.283 e. The van der Waals surface area contributed by atoms with Crippen LogP contribution in [0.1, 0.15) is 43.2 Å². The molecule has 28 heavy (non-hydrogen) atoms. The lowest BCUT2D eigenvalue weighted by Crippen LogP contribution is -2.40. The number of amides is 1. The van der Waals surface area contributed by atoms with Gasteiger partial charge < -0.3 is 0 Å². The Kier molecular flexibility index (Phi) is 5.62. The van der Waals surface area contributed by atoms with E-state index in [0.29, 0.717) is 4.91 Å². The van der Waals surface area contributed by atoms with Crippen LogP contribution in [0.25, 0.3) is 6.08 Å². The van der Waals surface area contributed by atoms with Crippen molar-refractivity contribution in [3.8, 4) is 0 Å². The predicted molar refractivity (Wildman–Crippen MR) is 114 cm³/mol. The molecule has 1 heterocycles. The van der Waals surface area contributed by atoms with E-state index in [0.717, 1.165) is 42.1 Å². The molecule has 3 nitrogen and oxygen atoms in total. The number of nitrogens with zero attached hydrogens (tertiary/aromatic N) is 2. The molecule has 0 atom stereocenters. The maximum absolute atomic E-state index is 13.2. The number of carbonyl (C=O) groups excluding carboxylic acids is 1. The molecule has 0 N–H and O–H groups in total. The van der Waals surface area contributed by atoms with Gasteiger partial charge >= 0.3 is 0 Å². The Morgan fingerprint density at radius 1 is 1.04 bits per heavy atom. The molecule has 0 aromatic heterocycles. The number of rotatable bonds is 3. The van der Waals surface area contributed by atoms with Crippen LogP contribution in [0.5, 0.6) is 0 Å². The highest BCUT2D eigenvalue weighted by Crippen LogP contribution is 2.38. The first kappa shape index (κ1) is 18.9. The molecule has 2 fully saturated rings. The van der Waals surface area contributed by atoms with Crippen LogP contribution in [0.2, 0.25) is 0 Å². The standard InChI is InChI=1S/C23H23FN2OS/c1-16-7-13-19(14-8-16)25-23-26(20-5-3-2-4-6-20)22(27)21(28-23)15-17-9-11-18(24)12-10-17/h7-15,20H,2-6H2,1H3/b21-15+,25-23?. The van der Waals surface area contributed by atoms with Crippen molar-refractivity contribution in [2.24, 2.45) is 4.99 Å². The number of carbonyl (C=O) groups is 1. The fourth-order valence-electron chi connectivity index (χ4n) is 3.67. The fourth-order valence-corrected chi connectivity index (χ4v) is 4.72. The first-order valence-corrected chi connectivity index (χ1v) is 10.6. The van der Waals surface area contributed by atoms with Crippen LogP contribution in [0.3, 0.4) is 0 Å². The summed E-state index contributed by atoms with van der Waals surface area (Å²) in [6.45, 7) is 2.04. The van der Waals surface area contributed by atoms with Crippen LogP contribution in [0, 0.1) is 12.7 Å². The van der Waals surface area contributed by atoms with Crippen molar-refractivity contribution < 1.29 is 9.18 Å². The molecule has 144 valence electrons. The van der Waals surface area contributed by atoms with Crippen molar-refractivity contribution in [3.05, 3.63) is 70.4 Å². The highest BCUT2D eigenvalue weighted by atomic mass is 32.2. The van der Waals surface area contributed by atoms with E-state index in [9.17, 15) is 9.18 Å². The summed E-state index contributed by atoms with van der Waals surface area (Å²) in [5, 5.41) is 0.745. The van der Waals surface area contributed by atoms with E-state index in [1.165, 1.54) is 35.9 Å². The van der Waals surface area contributed by atoms with Gasteiger partial charge in [-0.25, -0.2) is 9.38 Å². The molecule has 1 aliphatic heterocycles.